The standard InChI is InChI=1S/C18H24O3/c1-2-3-4-5-6-7-8-9-13-18(20)21-17-12-10-11-16(14-17)15-19/h9-15H,2-8H2,1H3. The number of hydrogen-bond acceptors (Lipinski definition) is 3. The van der Waals surface area contributed by atoms with Gasteiger partial charge in [0.25, 0.3) is 0 Å². The predicted molar refractivity (Wildman–Crippen MR) is 84.6 cm³/mol. The van der Waals surface area contributed by atoms with Crippen LogP contribution in [0.5, 0.6) is 5.75 Å². The molecule has 0 aliphatic carbocycles. The smallest absolute Gasteiger partial charge is 0.335 e. The van der Waals surface area contributed by atoms with Crippen molar-refractivity contribution in [3.05, 3.63) is 42.0 Å². The van der Waals surface area contributed by atoms with Crippen molar-refractivity contribution in [1.29, 1.82) is 0 Å². The van der Waals surface area contributed by atoms with Gasteiger partial charge in [-0.3, -0.25) is 4.79 Å². The van der Waals surface area contributed by atoms with E-state index in [0.29, 0.717) is 11.3 Å². The SMILES string of the molecule is CCCCCCCCC=CC(=O)Oc1cccc(C=O)c1. The number of carbonyl (C=O) groups excluding carboxylic acids is 2. The molecule has 3 nitrogen and oxygen atoms in total. The zero-order valence-corrected chi connectivity index (χ0v) is 12.7. The Morgan fingerprint density at radius 2 is 1.90 bits per heavy atom. The van der Waals surface area contributed by atoms with E-state index in [1.165, 1.54) is 38.2 Å². The van der Waals surface area contributed by atoms with Crippen molar-refractivity contribution in [2.24, 2.45) is 0 Å². The minimum atomic E-state index is -0.399. The lowest BCUT2D eigenvalue weighted by Gasteiger charge is -2.01. The summed E-state index contributed by atoms with van der Waals surface area (Å²) in [6.07, 6.45) is 12.4. The van der Waals surface area contributed by atoms with Crippen molar-refractivity contribution >= 4 is 12.3 Å². The van der Waals surface area contributed by atoms with Crippen LogP contribution in [0.2, 0.25) is 0 Å². The molecule has 0 atom stereocenters. The number of unbranched alkanes of at least 4 members (excludes halogenated alkanes) is 6. The highest BCUT2D eigenvalue weighted by Crippen LogP contribution is 2.12. The molecule has 0 aromatic heterocycles. The van der Waals surface area contributed by atoms with Gasteiger partial charge in [-0.2, -0.15) is 0 Å². The topological polar surface area (TPSA) is 43.4 Å². The quantitative estimate of drug-likeness (QED) is 0.206. The number of aldehydes is 1. The Labute approximate surface area is 127 Å². The molecular formula is C18H24O3. The second kappa shape index (κ2) is 10.8. The van der Waals surface area contributed by atoms with E-state index in [-0.39, 0.29) is 0 Å². The van der Waals surface area contributed by atoms with E-state index in [0.717, 1.165) is 19.1 Å². The molecule has 0 bridgehead atoms. The molecule has 0 radical (unpaired) electrons. The number of rotatable bonds is 10. The average Bonchev–Trinajstić information content (AvgIpc) is 2.50. The van der Waals surface area contributed by atoms with Gasteiger partial charge in [0.2, 0.25) is 0 Å². The number of ether oxygens (including phenoxy) is 1. The van der Waals surface area contributed by atoms with Crippen LogP contribution >= 0.6 is 0 Å². The first-order valence-electron chi connectivity index (χ1n) is 7.70. The summed E-state index contributed by atoms with van der Waals surface area (Å²) in [5.74, 6) is -0.00199. The molecule has 0 amide bonds. The van der Waals surface area contributed by atoms with Gasteiger partial charge in [-0.1, -0.05) is 57.2 Å². The first-order valence-corrected chi connectivity index (χ1v) is 7.70. The maximum atomic E-state index is 11.6. The monoisotopic (exact) mass is 288 g/mol. The van der Waals surface area contributed by atoms with Crippen LogP contribution in [0.4, 0.5) is 0 Å². The lowest BCUT2D eigenvalue weighted by Crippen LogP contribution is -2.03. The molecule has 0 saturated heterocycles. The average molecular weight is 288 g/mol. The fraction of sp³-hybridized carbons (Fsp3) is 0.444. The largest absolute Gasteiger partial charge is 0.423 e. The lowest BCUT2D eigenvalue weighted by atomic mass is 10.1. The molecule has 1 rings (SSSR count). The van der Waals surface area contributed by atoms with E-state index in [4.69, 9.17) is 4.74 Å². The van der Waals surface area contributed by atoms with E-state index in [2.05, 4.69) is 6.92 Å². The summed E-state index contributed by atoms with van der Waals surface area (Å²) >= 11 is 0. The second-order valence-electron chi connectivity index (χ2n) is 5.07. The first-order chi connectivity index (χ1) is 10.3. The Hall–Kier alpha value is -1.90. The van der Waals surface area contributed by atoms with Gasteiger partial charge in [0.15, 0.2) is 0 Å². The van der Waals surface area contributed by atoms with Crippen molar-refractivity contribution in [2.75, 3.05) is 0 Å². The predicted octanol–water partition coefficient (Wildman–Crippen LogP) is 4.71. The molecule has 0 fully saturated rings. The third-order valence-corrected chi connectivity index (χ3v) is 3.19. The Morgan fingerprint density at radius 3 is 2.67 bits per heavy atom. The van der Waals surface area contributed by atoms with E-state index in [1.807, 2.05) is 6.08 Å². The number of carbonyl (C=O) groups is 2. The highest BCUT2D eigenvalue weighted by Gasteiger charge is 2.01. The number of hydrogen-bond donors (Lipinski definition) is 0. The van der Waals surface area contributed by atoms with Crippen LogP contribution in [0.3, 0.4) is 0 Å². The van der Waals surface area contributed by atoms with E-state index in [9.17, 15) is 9.59 Å². The van der Waals surface area contributed by atoms with Crippen molar-refractivity contribution in [1.82, 2.24) is 0 Å². The fourth-order valence-electron chi connectivity index (χ4n) is 2.02. The minimum absolute atomic E-state index is 0.397. The fourth-order valence-corrected chi connectivity index (χ4v) is 2.02. The van der Waals surface area contributed by atoms with E-state index >= 15 is 0 Å². The number of esters is 1. The van der Waals surface area contributed by atoms with Crippen LogP contribution < -0.4 is 4.74 Å². The summed E-state index contributed by atoms with van der Waals surface area (Å²) in [4.78, 5) is 22.2. The zero-order valence-electron chi connectivity index (χ0n) is 12.7. The summed E-state index contributed by atoms with van der Waals surface area (Å²) in [7, 11) is 0. The van der Waals surface area contributed by atoms with Crippen LogP contribution in [0, 0.1) is 0 Å². The van der Waals surface area contributed by atoms with Crippen molar-refractivity contribution in [3.63, 3.8) is 0 Å². The molecule has 0 aliphatic rings. The summed E-state index contributed by atoms with van der Waals surface area (Å²) in [5, 5.41) is 0. The molecule has 3 heteroatoms. The van der Waals surface area contributed by atoms with Crippen LogP contribution in [0.1, 0.15) is 62.2 Å². The summed E-state index contributed by atoms with van der Waals surface area (Å²) in [5.41, 5.74) is 0.497. The Balaban J connectivity index is 2.20. The molecule has 1 aromatic carbocycles. The molecule has 21 heavy (non-hydrogen) atoms. The summed E-state index contributed by atoms with van der Waals surface area (Å²) < 4.78 is 5.13. The van der Waals surface area contributed by atoms with Gasteiger partial charge in [0.1, 0.15) is 12.0 Å². The van der Waals surface area contributed by atoms with Gasteiger partial charge in [0.05, 0.1) is 0 Å². The Bertz CT molecular complexity index is 463. The molecule has 0 spiro atoms. The van der Waals surface area contributed by atoms with Gasteiger partial charge in [0, 0.05) is 11.6 Å². The maximum absolute atomic E-state index is 11.6. The normalized spacial score (nSPS) is 10.7. The van der Waals surface area contributed by atoms with Crippen LogP contribution in [0.15, 0.2) is 36.4 Å². The molecule has 114 valence electrons. The summed E-state index contributed by atoms with van der Waals surface area (Å²) in [6, 6.07) is 6.56. The molecule has 0 heterocycles. The molecule has 1 aromatic rings. The molecule has 0 saturated carbocycles. The number of allylic oxidation sites excluding steroid dienone is 1. The minimum Gasteiger partial charge on any atom is -0.423 e. The van der Waals surface area contributed by atoms with Gasteiger partial charge in [-0.25, -0.2) is 4.79 Å². The van der Waals surface area contributed by atoms with Crippen molar-refractivity contribution in [2.45, 2.75) is 51.9 Å². The van der Waals surface area contributed by atoms with Gasteiger partial charge < -0.3 is 4.74 Å². The van der Waals surface area contributed by atoms with Crippen LogP contribution in [0.25, 0.3) is 0 Å². The highest BCUT2D eigenvalue weighted by molar-refractivity contribution is 5.84. The molecule has 0 unspecified atom stereocenters. The number of benzene rings is 1. The third-order valence-electron chi connectivity index (χ3n) is 3.19. The highest BCUT2D eigenvalue weighted by atomic mass is 16.5. The van der Waals surface area contributed by atoms with Gasteiger partial charge in [-0.15, -0.1) is 0 Å². The van der Waals surface area contributed by atoms with Crippen LogP contribution in [-0.2, 0) is 4.79 Å². The Kier molecular flexibility index (Phi) is 8.85. The first kappa shape index (κ1) is 17.2. The molecule has 0 N–H and O–H groups in total. The second-order valence-corrected chi connectivity index (χ2v) is 5.07. The zero-order chi connectivity index (χ0) is 15.3. The summed E-state index contributed by atoms with van der Waals surface area (Å²) in [6.45, 7) is 2.21. The van der Waals surface area contributed by atoms with E-state index < -0.39 is 5.97 Å². The van der Waals surface area contributed by atoms with Crippen molar-refractivity contribution < 1.29 is 14.3 Å². The van der Waals surface area contributed by atoms with Gasteiger partial charge >= 0.3 is 5.97 Å². The molecule has 0 aliphatic heterocycles. The Morgan fingerprint density at radius 1 is 1.14 bits per heavy atom. The van der Waals surface area contributed by atoms with Crippen LogP contribution in [-0.4, -0.2) is 12.3 Å². The van der Waals surface area contributed by atoms with Crippen molar-refractivity contribution in [3.8, 4) is 5.75 Å². The lowest BCUT2D eigenvalue weighted by molar-refractivity contribution is -0.129. The van der Waals surface area contributed by atoms with E-state index in [1.54, 1.807) is 24.3 Å². The van der Waals surface area contributed by atoms with Gasteiger partial charge in [-0.05, 0) is 25.0 Å². The third kappa shape index (κ3) is 8.08. The molecular weight excluding hydrogens is 264 g/mol. The maximum Gasteiger partial charge on any atom is 0.335 e.